The number of ether oxygens (including phenoxy) is 1. The Bertz CT molecular complexity index is 337. The predicted octanol–water partition coefficient (Wildman–Crippen LogP) is 4.60. The molecular formula is C13H18Cl2O. The summed E-state index contributed by atoms with van der Waals surface area (Å²) < 4.78 is 5.57. The molecule has 1 atom stereocenters. The third-order valence-electron chi connectivity index (χ3n) is 2.28. The van der Waals surface area contributed by atoms with Crippen LogP contribution in [0.5, 0.6) is 0 Å². The van der Waals surface area contributed by atoms with Crippen molar-refractivity contribution in [3.8, 4) is 0 Å². The molecule has 1 rings (SSSR count). The molecule has 0 bridgehead atoms. The van der Waals surface area contributed by atoms with E-state index >= 15 is 0 Å². The van der Waals surface area contributed by atoms with E-state index in [1.165, 1.54) is 5.56 Å². The van der Waals surface area contributed by atoms with Crippen LogP contribution >= 0.6 is 23.2 Å². The van der Waals surface area contributed by atoms with E-state index < -0.39 is 0 Å². The molecule has 90 valence electrons. The first-order valence-electron chi connectivity index (χ1n) is 5.54. The van der Waals surface area contributed by atoms with Gasteiger partial charge in [0.2, 0.25) is 0 Å². The SMILES string of the molecule is CC(C)OC[C@H](C)Cc1ccc(Cl)c(Cl)c1. The van der Waals surface area contributed by atoms with Gasteiger partial charge in [-0.25, -0.2) is 0 Å². The van der Waals surface area contributed by atoms with Crippen molar-refractivity contribution >= 4 is 23.2 Å². The maximum absolute atomic E-state index is 5.96. The minimum absolute atomic E-state index is 0.288. The fourth-order valence-corrected chi connectivity index (χ4v) is 1.81. The zero-order valence-electron chi connectivity index (χ0n) is 9.97. The van der Waals surface area contributed by atoms with Crippen molar-refractivity contribution in [2.24, 2.45) is 5.92 Å². The minimum atomic E-state index is 0.288. The van der Waals surface area contributed by atoms with Gasteiger partial charge in [0.25, 0.3) is 0 Å². The Balaban J connectivity index is 2.49. The summed E-state index contributed by atoms with van der Waals surface area (Å²) in [6, 6.07) is 5.78. The van der Waals surface area contributed by atoms with Crippen molar-refractivity contribution in [1.29, 1.82) is 0 Å². The van der Waals surface area contributed by atoms with Crippen molar-refractivity contribution in [3.05, 3.63) is 33.8 Å². The average molecular weight is 261 g/mol. The van der Waals surface area contributed by atoms with Crippen molar-refractivity contribution in [2.75, 3.05) is 6.61 Å². The van der Waals surface area contributed by atoms with Crippen LogP contribution in [0.1, 0.15) is 26.3 Å². The monoisotopic (exact) mass is 260 g/mol. The molecule has 16 heavy (non-hydrogen) atoms. The van der Waals surface area contributed by atoms with E-state index in [1.54, 1.807) is 0 Å². The van der Waals surface area contributed by atoms with E-state index in [0.29, 0.717) is 16.0 Å². The van der Waals surface area contributed by atoms with Crippen LogP contribution in [0.3, 0.4) is 0 Å². The van der Waals surface area contributed by atoms with E-state index in [-0.39, 0.29) is 6.10 Å². The number of hydrogen-bond donors (Lipinski definition) is 0. The molecule has 0 radical (unpaired) electrons. The molecule has 1 aromatic carbocycles. The number of hydrogen-bond acceptors (Lipinski definition) is 1. The molecule has 0 unspecified atom stereocenters. The molecule has 1 aromatic rings. The zero-order chi connectivity index (χ0) is 12.1. The normalized spacial score (nSPS) is 13.1. The van der Waals surface area contributed by atoms with Crippen molar-refractivity contribution < 1.29 is 4.74 Å². The second-order valence-corrected chi connectivity index (χ2v) is 5.25. The van der Waals surface area contributed by atoms with Crippen LogP contribution < -0.4 is 0 Å². The summed E-state index contributed by atoms with van der Waals surface area (Å²) in [5.74, 6) is 0.486. The van der Waals surface area contributed by atoms with E-state index in [1.807, 2.05) is 32.0 Å². The van der Waals surface area contributed by atoms with Gasteiger partial charge in [0.1, 0.15) is 0 Å². The Morgan fingerprint density at radius 2 is 1.81 bits per heavy atom. The topological polar surface area (TPSA) is 9.23 Å². The number of rotatable bonds is 5. The third kappa shape index (κ3) is 4.73. The molecule has 0 heterocycles. The van der Waals surface area contributed by atoms with E-state index in [2.05, 4.69) is 6.92 Å². The summed E-state index contributed by atoms with van der Waals surface area (Å²) in [6.45, 7) is 7.04. The van der Waals surface area contributed by atoms with E-state index in [9.17, 15) is 0 Å². The fourth-order valence-electron chi connectivity index (χ4n) is 1.48. The number of halogens is 2. The fraction of sp³-hybridized carbons (Fsp3) is 0.538. The van der Waals surface area contributed by atoms with Crippen LogP contribution in [0.25, 0.3) is 0 Å². The van der Waals surface area contributed by atoms with Crippen LogP contribution in [0.15, 0.2) is 18.2 Å². The summed E-state index contributed by atoms with van der Waals surface area (Å²) in [4.78, 5) is 0. The first kappa shape index (κ1) is 13.8. The van der Waals surface area contributed by atoms with E-state index in [4.69, 9.17) is 27.9 Å². The highest BCUT2D eigenvalue weighted by Gasteiger charge is 2.07. The molecule has 3 heteroatoms. The summed E-state index contributed by atoms with van der Waals surface area (Å²) >= 11 is 11.8. The summed E-state index contributed by atoms with van der Waals surface area (Å²) in [5.41, 5.74) is 1.20. The van der Waals surface area contributed by atoms with Gasteiger partial charge in [-0.2, -0.15) is 0 Å². The molecule has 0 aromatic heterocycles. The molecule has 0 fully saturated rings. The highest BCUT2D eigenvalue weighted by Crippen LogP contribution is 2.23. The van der Waals surface area contributed by atoms with Gasteiger partial charge in [-0.15, -0.1) is 0 Å². The lowest BCUT2D eigenvalue weighted by molar-refractivity contribution is 0.0553. The molecule has 1 nitrogen and oxygen atoms in total. The lowest BCUT2D eigenvalue weighted by Crippen LogP contribution is -2.13. The second kappa shape index (κ2) is 6.48. The lowest BCUT2D eigenvalue weighted by atomic mass is 10.0. The Labute approximate surface area is 108 Å². The Kier molecular flexibility index (Phi) is 5.60. The largest absolute Gasteiger partial charge is 0.379 e. The molecule has 0 N–H and O–H groups in total. The summed E-state index contributed by atoms with van der Waals surface area (Å²) in [7, 11) is 0. The maximum atomic E-state index is 5.96. The average Bonchev–Trinajstić information content (AvgIpc) is 2.21. The second-order valence-electron chi connectivity index (χ2n) is 4.44. The Morgan fingerprint density at radius 1 is 1.12 bits per heavy atom. The lowest BCUT2D eigenvalue weighted by Gasteiger charge is -2.14. The van der Waals surface area contributed by atoms with Crippen LogP contribution in [-0.2, 0) is 11.2 Å². The van der Waals surface area contributed by atoms with Gasteiger partial charge in [0.15, 0.2) is 0 Å². The first-order valence-corrected chi connectivity index (χ1v) is 6.30. The third-order valence-corrected chi connectivity index (χ3v) is 3.02. The van der Waals surface area contributed by atoms with Gasteiger partial charge in [0.05, 0.1) is 16.1 Å². The van der Waals surface area contributed by atoms with Crippen LogP contribution in [0, 0.1) is 5.92 Å². The Morgan fingerprint density at radius 3 is 2.38 bits per heavy atom. The van der Waals surface area contributed by atoms with E-state index in [0.717, 1.165) is 13.0 Å². The molecular weight excluding hydrogens is 243 g/mol. The quantitative estimate of drug-likeness (QED) is 0.752. The first-order chi connectivity index (χ1) is 7.49. The van der Waals surface area contributed by atoms with Crippen LogP contribution in [-0.4, -0.2) is 12.7 Å². The molecule has 0 spiro atoms. The van der Waals surface area contributed by atoms with Gasteiger partial charge in [-0.05, 0) is 43.9 Å². The van der Waals surface area contributed by atoms with Gasteiger partial charge in [0, 0.05) is 6.61 Å². The highest BCUT2D eigenvalue weighted by atomic mass is 35.5. The van der Waals surface area contributed by atoms with Crippen LogP contribution in [0.2, 0.25) is 10.0 Å². The Hall–Kier alpha value is -0.240. The molecule has 0 saturated heterocycles. The molecule has 0 amide bonds. The number of benzene rings is 1. The maximum Gasteiger partial charge on any atom is 0.0595 e. The van der Waals surface area contributed by atoms with Gasteiger partial charge >= 0.3 is 0 Å². The summed E-state index contributed by atoms with van der Waals surface area (Å²) in [6.07, 6.45) is 1.25. The van der Waals surface area contributed by atoms with Gasteiger partial charge in [-0.3, -0.25) is 0 Å². The summed E-state index contributed by atoms with van der Waals surface area (Å²) in [5, 5.41) is 1.23. The molecule has 0 saturated carbocycles. The molecule has 0 aliphatic rings. The van der Waals surface area contributed by atoms with Gasteiger partial charge in [-0.1, -0.05) is 36.2 Å². The van der Waals surface area contributed by atoms with Gasteiger partial charge < -0.3 is 4.74 Å². The highest BCUT2D eigenvalue weighted by molar-refractivity contribution is 6.42. The minimum Gasteiger partial charge on any atom is -0.379 e. The van der Waals surface area contributed by atoms with Crippen LogP contribution in [0.4, 0.5) is 0 Å². The van der Waals surface area contributed by atoms with Crippen molar-refractivity contribution in [3.63, 3.8) is 0 Å². The standard InChI is InChI=1S/C13H18Cl2O/c1-9(2)16-8-10(3)6-11-4-5-12(14)13(15)7-11/h4-5,7,9-10H,6,8H2,1-3H3/t10-/m1/s1. The molecule has 0 aliphatic carbocycles. The van der Waals surface area contributed by atoms with Crippen molar-refractivity contribution in [1.82, 2.24) is 0 Å². The smallest absolute Gasteiger partial charge is 0.0595 e. The zero-order valence-corrected chi connectivity index (χ0v) is 11.5. The molecule has 0 aliphatic heterocycles. The predicted molar refractivity (Wildman–Crippen MR) is 70.4 cm³/mol. The van der Waals surface area contributed by atoms with Crippen molar-refractivity contribution in [2.45, 2.75) is 33.3 Å².